The zero-order valence-electron chi connectivity index (χ0n) is 10.7. The second-order valence-electron chi connectivity index (χ2n) is 4.36. The minimum Gasteiger partial charge on any atom is -0.399 e. The summed E-state index contributed by atoms with van der Waals surface area (Å²) in [7, 11) is 0. The Kier molecular flexibility index (Phi) is 4.32. The van der Waals surface area contributed by atoms with Crippen LogP contribution in [0.25, 0.3) is 0 Å². The summed E-state index contributed by atoms with van der Waals surface area (Å²) in [6.07, 6.45) is 0. The Morgan fingerprint density at radius 3 is 2.55 bits per heavy atom. The van der Waals surface area contributed by atoms with E-state index in [9.17, 15) is 14.3 Å². The molecule has 0 spiro atoms. The summed E-state index contributed by atoms with van der Waals surface area (Å²) in [5.41, 5.74) is 6.33. The molecule has 0 saturated carbocycles. The van der Waals surface area contributed by atoms with E-state index in [-0.39, 0.29) is 17.9 Å². The van der Waals surface area contributed by atoms with Crippen LogP contribution in [0.5, 0.6) is 0 Å². The minimum absolute atomic E-state index is 0.103. The summed E-state index contributed by atoms with van der Waals surface area (Å²) < 4.78 is 13.7. The zero-order valence-corrected chi connectivity index (χ0v) is 10.7. The fourth-order valence-electron chi connectivity index (χ4n) is 1.87. The van der Waals surface area contributed by atoms with E-state index in [0.29, 0.717) is 0 Å². The maximum absolute atomic E-state index is 13.7. The first-order valence-electron chi connectivity index (χ1n) is 6.13. The largest absolute Gasteiger partial charge is 0.399 e. The van der Waals surface area contributed by atoms with Gasteiger partial charge in [0.15, 0.2) is 0 Å². The maximum atomic E-state index is 13.7. The lowest BCUT2D eigenvalue weighted by atomic mass is 10.1. The molecule has 0 aliphatic carbocycles. The van der Waals surface area contributed by atoms with Gasteiger partial charge in [-0.3, -0.25) is 4.79 Å². The van der Waals surface area contributed by atoms with E-state index < -0.39 is 17.8 Å². The van der Waals surface area contributed by atoms with Gasteiger partial charge in [-0.2, -0.15) is 0 Å². The van der Waals surface area contributed by atoms with Crippen molar-refractivity contribution in [3.8, 4) is 0 Å². The van der Waals surface area contributed by atoms with Crippen molar-refractivity contribution < 1.29 is 14.3 Å². The summed E-state index contributed by atoms with van der Waals surface area (Å²) in [6, 6.07) is 12.3. The maximum Gasteiger partial charge on any atom is 0.254 e. The third-order valence-corrected chi connectivity index (χ3v) is 2.93. The van der Waals surface area contributed by atoms with Crippen LogP contribution in [0, 0.1) is 5.82 Å². The molecule has 2 aromatic rings. The second kappa shape index (κ2) is 6.16. The molecule has 0 bridgehead atoms. The number of halogens is 1. The Hall–Kier alpha value is -2.40. The van der Waals surface area contributed by atoms with E-state index in [4.69, 9.17) is 5.73 Å². The van der Waals surface area contributed by atoms with Gasteiger partial charge in [0.05, 0.1) is 18.2 Å². The standard InChI is InChI=1S/C15H15FN2O2/c16-13-8-11(17)6-7-12(13)15(20)18-14(9-19)10-4-2-1-3-5-10/h1-8,14,19H,9,17H2,(H,18,20)/t14-/m0/s1. The van der Waals surface area contributed by atoms with Gasteiger partial charge in [0.25, 0.3) is 5.91 Å². The highest BCUT2D eigenvalue weighted by molar-refractivity contribution is 5.95. The summed E-state index contributed by atoms with van der Waals surface area (Å²) in [5.74, 6) is -1.28. The van der Waals surface area contributed by atoms with Crippen molar-refractivity contribution in [1.82, 2.24) is 5.32 Å². The van der Waals surface area contributed by atoms with E-state index in [1.54, 1.807) is 24.3 Å². The molecular formula is C15H15FN2O2. The molecule has 0 aliphatic rings. The van der Waals surface area contributed by atoms with Gasteiger partial charge in [-0.05, 0) is 23.8 Å². The number of aliphatic hydroxyl groups excluding tert-OH is 1. The molecule has 2 aromatic carbocycles. The van der Waals surface area contributed by atoms with Crippen LogP contribution in [-0.2, 0) is 0 Å². The van der Waals surface area contributed by atoms with Crippen LogP contribution in [0.2, 0.25) is 0 Å². The van der Waals surface area contributed by atoms with Gasteiger partial charge in [-0.1, -0.05) is 30.3 Å². The lowest BCUT2D eigenvalue weighted by Gasteiger charge is -2.17. The topological polar surface area (TPSA) is 75.4 Å². The van der Waals surface area contributed by atoms with Gasteiger partial charge in [0.2, 0.25) is 0 Å². The molecule has 0 fully saturated rings. The molecular weight excluding hydrogens is 259 g/mol. The number of benzene rings is 2. The number of nitrogen functional groups attached to an aromatic ring is 1. The average molecular weight is 274 g/mol. The monoisotopic (exact) mass is 274 g/mol. The zero-order chi connectivity index (χ0) is 14.5. The molecule has 4 N–H and O–H groups in total. The van der Waals surface area contributed by atoms with Crippen molar-refractivity contribution in [2.75, 3.05) is 12.3 Å². The molecule has 1 atom stereocenters. The summed E-state index contributed by atoms with van der Waals surface area (Å²) in [4.78, 5) is 12.0. The molecule has 0 unspecified atom stereocenters. The number of carbonyl (C=O) groups is 1. The molecule has 0 aromatic heterocycles. The predicted octanol–water partition coefficient (Wildman–Crippen LogP) is 1.87. The number of carbonyl (C=O) groups excluding carboxylic acids is 1. The molecule has 4 nitrogen and oxygen atoms in total. The Bertz CT molecular complexity index is 602. The number of hydrogen-bond donors (Lipinski definition) is 3. The van der Waals surface area contributed by atoms with Gasteiger partial charge in [0.1, 0.15) is 5.82 Å². The number of aliphatic hydroxyl groups is 1. The number of rotatable bonds is 4. The smallest absolute Gasteiger partial charge is 0.254 e. The van der Waals surface area contributed by atoms with Crippen molar-refractivity contribution in [3.05, 3.63) is 65.5 Å². The second-order valence-corrected chi connectivity index (χ2v) is 4.36. The van der Waals surface area contributed by atoms with Crippen LogP contribution in [0.3, 0.4) is 0 Å². The van der Waals surface area contributed by atoms with E-state index in [0.717, 1.165) is 11.6 Å². The van der Waals surface area contributed by atoms with Crippen molar-refractivity contribution in [1.29, 1.82) is 0 Å². The molecule has 5 heteroatoms. The molecule has 1 amide bonds. The fourth-order valence-corrected chi connectivity index (χ4v) is 1.87. The number of nitrogens with one attached hydrogen (secondary N) is 1. The first kappa shape index (κ1) is 14.0. The fraction of sp³-hybridized carbons (Fsp3) is 0.133. The third kappa shape index (κ3) is 3.13. The lowest BCUT2D eigenvalue weighted by molar-refractivity contribution is 0.0912. The van der Waals surface area contributed by atoms with Crippen molar-refractivity contribution >= 4 is 11.6 Å². The highest BCUT2D eigenvalue weighted by atomic mass is 19.1. The van der Waals surface area contributed by atoms with Crippen LogP contribution in [0.4, 0.5) is 10.1 Å². The summed E-state index contributed by atoms with van der Waals surface area (Å²) in [5, 5.41) is 12.0. The minimum atomic E-state index is -0.688. The van der Waals surface area contributed by atoms with Crippen LogP contribution in [-0.4, -0.2) is 17.6 Å². The number of amides is 1. The normalized spacial score (nSPS) is 11.9. The molecule has 104 valence electrons. The average Bonchev–Trinajstić information content (AvgIpc) is 2.45. The highest BCUT2D eigenvalue weighted by Crippen LogP contribution is 2.15. The summed E-state index contributed by atoms with van der Waals surface area (Å²) in [6.45, 7) is -0.271. The van der Waals surface area contributed by atoms with E-state index in [1.165, 1.54) is 12.1 Å². The first-order chi connectivity index (χ1) is 9.61. The number of hydrogen-bond acceptors (Lipinski definition) is 3. The summed E-state index contributed by atoms with van der Waals surface area (Å²) >= 11 is 0. The van der Waals surface area contributed by atoms with Crippen LogP contribution in [0.15, 0.2) is 48.5 Å². The third-order valence-electron chi connectivity index (χ3n) is 2.93. The van der Waals surface area contributed by atoms with Crippen LogP contribution >= 0.6 is 0 Å². The van der Waals surface area contributed by atoms with Crippen molar-refractivity contribution in [2.45, 2.75) is 6.04 Å². The molecule has 2 rings (SSSR count). The molecule has 0 radical (unpaired) electrons. The SMILES string of the molecule is Nc1ccc(C(=O)N[C@@H](CO)c2ccccc2)c(F)c1. The molecule has 0 saturated heterocycles. The van der Waals surface area contributed by atoms with Gasteiger partial charge >= 0.3 is 0 Å². The number of nitrogens with two attached hydrogens (primary N) is 1. The van der Waals surface area contributed by atoms with Gasteiger partial charge in [-0.25, -0.2) is 4.39 Å². The quantitative estimate of drug-likeness (QED) is 0.745. The number of anilines is 1. The van der Waals surface area contributed by atoms with Crippen LogP contribution in [0.1, 0.15) is 22.0 Å². The lowest BCUT2D eigenvalue weighted by Crippen LogP contribution is -2.31. The van der Waals surface area contributed by atoms with E-state index >= 15 is 0 Å². The highest BCUT2D eigenvalue weighted by Gasteiger charge is 2.17. The predicted molar refractivity (Wildman–Crippen MR) is 74.5 cm³/mol. The van der Waals surface area contributed by atoms with Crippen LogP contribution < -0.4 is 11.1 Å². The Labute approximate surface area is 116 Å². The Morgan fingerprint density at radius 2 is 1.95 bits per heavy atom. The van der Waals surface area contributed by atoms with E-state index in [1.807, 2.05) is 6.07 Å². The van der Waals surface area contributed by atoms with Gasteiger partial charge in [-0.15, -0.1) is 0 Å². The van der Waals surface area contributed by atoms with Gasteiger partial charge < -0.3 is 16.2 Å². The van der Waals surface area contributed by atoms with E-state index in [2.05, 4.69) is 5.32 Å². The van der Waals surface area contributed by atoms with Gasteiger partial charge in [0, 0.05) is 5.69 Å². The van der Waals surface area contributed by atoms with Crippen molar-refractivity contribution in [3.63, 3.8) is 0 Å². The molecule has 0 aliphatic heterocycles. The Morgan fingerprint density at radius 1 is 1.25 bits per heavy atom. The molecule has 20 heavy (non-hydrogen) atoms. The molecule has 0 heterocycles. The van der Waals surface area contributed by atoms with Crippen molar-refractivity contribution in [2.24, 2.45) is 0 Å². The Balaban J connectivity index is 2.17. The first-order valence-corrected chi connectivity index (χ1v) is 6.13.